The number of carbonyl (C=O) groups is 1. The molecule has 0 saturated carbocycles. The first-order chi connectivity index (χ1) is 15.6. The molecule has 0 saturated heterocycles. The smallest absolute Gasteiger partial charge is 0.230 e. The Balaban J connectivity index is 1.42. The van der Waals surface area contributed by atoms with Crippen LogP contribution in [-0.4, -0.2) is 41.6 Å². The molecular formula is C23H28N4O3S2. The van der Waals surface area contributed by atoms with E-state index < -0.39 is 0 Å². The Morgan fingerprint density at radius 1 is 1.06 bits per heavy atom. The highest BCUT2D eigenvalue weighted by Crippen LogP contribution is 2.29. The van der Waals surface area contributed by atoms with Crippen LogP contribution in [0.1, 0.15) is 25.0 Å². The fourth-order valence-corrected chi connectivity index (χ4v) is 4.54. The van der Waals surface area contributed by atoms with Crippen molar-refractivity contribution in [2.75, 3.05) is 30.8 Å². The van der Waals surface area contributed by atoms with Gasteiger partial charge in [0.1, 0.15) is 0 Å². The van der Waals surface area contributed by atoms with Crippen LogP contribution in [0.4, 0.5) is 10.8 Å². The van der Waals surface area contributed by atoms with Crippen LogP contribution < -0.4 is 20.1 Å². The highest BCUT2D eigenvalue weighted by atomic mass is 32.2. The molecule has 32 heavy (non-hydrogen) atoms. The fourth-order valence-electron chi connectivity index (χ4n) is 2.94. The number of rotatable bonds is 12. The van der Waals surface area contributed by atoms with E-state index >= 15 is 0 Å². The van der Waals surface area contributed by atoms with E-state index in [0.29, 0.717) is 37.1 Å². The SMILES string of the molecule is CCOc1ccc(CCNC(=O)CSc2nnc(Nc3cccc(C)c3)s2)cc1OCC. The first-order valence-electron chi connectivity index (χ1n) is 10.5. The van der Waals surface area contributed by atoms with Gasteiger partial charge in [0.15, 0.2) is 15.8 Å². The van der Waals surface area contributed by atoms with E-state index in [0.717, 1.165) is 27.1 Å². The molecule has 3 rings (SSSR count). The van der Waals surface area contributed by atoms with Gasteiger partial charge in [0, 0.05) is 12.2 Å². The molecular weight excluding hydrogens is 444 g/mol. The molecule has 1 heterocycles. The third-order valence-electron chi connectivity index (χ3n) is 4.35. The molecule has 1 aromatic heterocycles. The van der Waals surface area contributed by atoms with Gasteiger partial charge in [0.25, 0.3) is 0 Å². The van der Waals surface area contributed by atoms with Gasteiger partial charge in [0.2, 0.25) is 11.0 Å². The minimum Gasteiger partial charge on any atom is -0.490 e. The first kappa shape index (κ1) is 23.9. The number of aromatic nitrogens is 2. The maximum atomic E-state index is 12.2. The summed E-state index contributed by atoms with van der Waals surface area (Å²) in [5.41, 5.74) is 3.23. The van der Waals surface area contributed by atoms with Gasteiger partial charge in [-0.25, -0.2) is 0 Å². The summed E-state index contributed by atoms with van der Waals surface area (Å²) in [5, 5.41) is 15.2. The molecule has 0 bridgehead atoms. The highest BCUT2D eigenvalue weighted by molar-refractivity contribution is 8.01. The summed E-state index contributed by atoms with van der Waals surface area (Å²) in [4.78, 5) is 12.2. The summed E-state index contributed by atoms with van der Waals surface area (Å²) >= 11 is 2.81. The van der Waals surface area contributed by atoms with Crippen LogP contribution in [0.15, 0.2) is 46.8 Å². The van der Waals surface area contributed by atoms with Crippen molar-refractivity contribution >= 4 is 39.8 Å². The lowest BCUT2D eigenvalue weighted by Crippen LogP contribution is -2.27. The van der Waals surface area contributed by atoms with E-state index in [2.05, 4.69) is 20.8 Å². The number of hydrogen-bond acceptors (Lipinski definition) is 8. The number of thioether (sulfide) groups is 1. The van der Waals surface area contributed by atoms with Crippen molar-refractivity contribution < 1.29 is 14.3 Å². The zero-order valence-electron chi connectivity index (χ0n) is 18.5. The van der Waals surface area contributed by atoms with E-state index in [1.54, 1.807) is 0 Å². The van der Waals surface area contributed by atoms with E-state index in [1.165, 1.54) is 28.7 Å². The number of amides is 1. The maximum Gasteiger partial charge on any atom is 0.230 e. The molecule has 7 nitrogen and oxygen atoms in total. The normalized spacial score (nSPS) is 10.6. The first-order valence-corrected chi connectivity index (χ1v) is 12.3. The third kappa shape index (κ3) is 7.42. The molecule has 0 spiro atoms. The van der Waals surface area contributed by atoms with Crippen LogP contribution in [-0.2, 0) is 11.2 Å². The second-order valence-corrected chi connectivity index (χ2v) is 9.10. The third-order valence-corrected chi connectivity index (χ3v) is 6.32. The highest BCUT2D eigenvalue weighted by Gasteiger charge is 2.10. The summed E-state index contributed by atoms with van der Waals surface area (Å²) in [6.45, 7) is 7.64. The van der Waals surface area contributed by atoms with Gasteiger partial charge in [-0.3, -0.25) is 4.79 Å². The summed E-state index contributed by atoms with van der Waals surface area (Å²) in [6, 6.07) is 13.9. The molecule has 170 valence electrons. The van der Waals surface area contributed by atoms with Crippen molar-refractivity contribution in [3.05, 3.63) is 53.6 Å². The minimum atomic E-state index is -0.0330. The predicted molar refractivity (Wildman–Crippen MR) is 131 cm³/mol. The molecule has 3 aromatic rings. The van der Waals surface area contributed by atoms with E-state index in [9.17, 15) is 4.79 Å². The molecule has 0 aliphatic heterocycles. The average Bonchev–Trinajstić information content (AvgIpc) is 3.21. The standard InChI is InChI=1S/C23H28N4O3S2/c1-4-29-19-10-9-17(14-20(19)30-5-2)11-12-24-21(28)15-31-23-27-26-22(32-23)25-18-8-6-7-16(3)13-18/h6-10,13-14H,4-5,11-12,15H2,1-3H3,(H,24,28)(H,25,26). The minimum absolute atomic E-state index is 0.0330. The quantitative estimate of drug-likeness (QED) is 0.365. The molecule has 2 N–H and O–H groups in total. The van der Waals surface area contributed by atoms with Gasteiger partial charge in [-0.1, -0.05) is 41.3 Å². The molecule has 0 unspecified atom stereocenters. The van der Waals surface area contributed by atoms with Crippen molar-refractivity contribution in [2.45, 2.75) is 31.5 Å². The van der Waals surface area contributed by atoms with Crippen LogP contribution in [0.3, 0.4) is 0 Å². The summed E-state index contributed by atoms with van der Waals surface area (Å²) in [6.07, 6.45) is 0.715. The fraction of sp³-hybridized carbons (Fsp3) is 0.348. The summed E-state index contributed by atoms with van der Waals surface area (Å²) < 4.78 is 12.0. The van der Waals surface area contributed by atoms with E-state index in [1.807, 2.05) is 63.2 Å². The van der Waals surface area contributed by atoms with Crippen molar-refractivity contribution in [1.82, 2.24) is 15.5 Å². The molecule has 9 heteroatoms. The Kier molecular flexibility index (Phi) is 9.18. The summed E-state index contributed by atoms with van der Waals surface area (Å²) in [7, 11) is 0. The average molecular weight is 473 g/mol. The number of hydrogen-bond donors (Lipinski definition) is 2. The van der Waals surface area contributed by atoms with Crippen LogP contribution in [0, 0.1) is 6.92 Å². The van der Waals surface area contributed by atoms with Crippen LogP contribution in [0.5, 0.6) is 11.5 Å². The Labute approximate surface area is 196 Å². The van der Waals surface area contributed by atoms with Crippen molar-refractivity contribution in [1.29, 1.82) is 0 Å². The monoisotopic (exact) mass is 472 g/mol. The Morgan fingerprint density at radius 2 is 1.88 bits per heavy atom. The molecule has 0 aliphatic rings. The lowest BCUT2D eigenvalue weighted by Gasteiger charge is -2.12. The summed E-state index contributed by atoms with van der Waals surface area (Å²) in [5.74, 6) is 1.74. The van der Waals surface area contributed by atoms with Crippen LogP contribution in [0.25, 0.3) is 0 Å². The number of nitrogens with zero attached hydrogens (tertiary/aromatic N) is 2. The van der Waals surface area contributed by atoms with E-state index in [4.69, 9.17) is 9.47 Å². The molecule has 0 radical (unpaired) electrons. The van der Waals surface area contributed by atoms with Gasteiger partial charge in [0.05, 0.1) is 19.0 Å². The number of benzene rings is 2. The van der Waals surface area contributed by atoms with Crippen LogP contribution in [0.2, 0.25) is 0 Å². The number of anilines is 2. The van der Waals surface area contributed by atoms with Crippen LogP contribution >= 0.6 is 23.1 Å². The molecule has 0 atom stereocenters. The molecule has 0 aliphatic carbocycles. The Hall–Kier alpha value is -2.78. The molecule has 0 fully saturated rings. The zero-order chi connectivity index (χ0) is 22.8. The van der Waals surface area contributed by atoms with Crippen molar-refractivity contribution in [3.8, 4) is 11.5 Å². The second-order valence-electron chi connectivity index (χ2n) is 6.90. The lowest BCUT2D eigenvalue weighted by molar-refractivity contribution is -0.118. The number of carbonyl (C=O) groups excluding carboxylic acids is 1. The van der Waals surface area contributed by atoms with Gasteiger partial charge in [-0.15, -0.1) is 10.2 Å². The Morgan fingerprint density at radius 3 is 2.66 bits per heavy atom. The zero-order valence-corrected chi connectivity index (χ0v) is 20.1. The maximum absolute atomic E-state index is 12.2. The number of ether oxygens (including phenoxy) is 2. The second kappa shape index (κ2) is 12.3. The van der Waals surface area contributed by atoms with E-state index in [-0.39, 0.29) is 5.91 Å². The topological polar surface area (TPSA) is 85.4 Å². The predicted octanol–water partition coefficient (Wildman–Crippen LogP) is 4.84. The molecule has 2 aromatic carbocycles. The van der Waals surface area contributed by atoms with Crippen molar-refractivity contribution in [3.63, 3.8) is 0 Å². The number of aryl methyl sites for hydroxylation is 1. The van der Waals surface area contributed by atoms with Gasteiger partial charge in [-0.05, 0) is 62.6 Å². The van der Waals surface area contributed by atoms with Gasteiger partial charge >= 0.3 is 0 Å². The molecule has 1 amide bonds. The largest absolute Gasteiger partial charge is 0.490 e. The van der Waals surface area contributed by atoms with Crippen molar-refractivity contribution in [2.24, 2.45) is 0 Å². The van der Waals surface area contributed by atoms with Gasteiger partial charge < -0.3 is 20.1 Å². The Bertz CT molecular complexity index is 1030. The van der Waals surface area contributed by atoms with Gasteiger partial charge in [-0.2, -0.15) is 0 Å². The number of nitrogens with one attached hydrogen (secondary N) is 2. The lowest BCUT2D eigenvalue weighted by atomic mass is 10.1.